The van der Waals surface area contributed by atoms with Gasteiger partial charge in [-0.25, -0.2) is 4.98 Å². The number of aryl methyl sites for hydroxylation is 1. The van der Waals surface area contributed by atoms with Crippen molar-refractivity contribution in [3.05, 3.63) is 47.8 Å². The Morgan fingerprint density at radius 3 is 3.21 bits per heavy atom. The first-order chi connectivity index (χ1) is 11.8. The number of hydrogen-bond acceptors (Lipinski definition) is 5. The van der Waals surface area contributed by atoms with E-state index in [4.69, 9.17) is 5.73 Å². The standard InChI is InChI=1S/C17H24N6O/c18-6-8-21-17(24)15(9-13-10-19-11-22-13)23-14-5-1-3-12-4-2-7-20-16(12)14/h2,4,7,10-11,14-15,23H,1,3,5-6,8-9,18H2,(H,19,22)(H,21,24). The van der Waals surface area contributed by atoms with Crippen molar-refractivity contribution in [2.24, 2.45) is 5.73 Å². The molecule has 2 aromatic rings. The molecule has 7 heteroatoms. The van der Waals surface area contributed by atoms with Crippen LogP contribution in [0.15, 0.2) is 30.9 Å². The smallest absolute Gasteiger partial charge is 0.237 e. The van der Waals surface area contributed by atoms with Gasteiger partial charge in [-0.05, 0) is 30.9 Å². The second-order valence-electron chi connectivity index (χ2n) is 6.07. The van der Waals surface area contributed by atoms with Gasteiger partial charge in [-0.3, -0.25) is 15.1 Å². The number of carbonyl (C=O) groups excluding carboxylic acids is 1. The number of amides is 1. The van der Waals surface area contributed by atoms with E-state index < -0.39 is 0 Å². The zero-order valence-electron chi connectivity index (χ0n) is 13.7. The third-order valence-electron chi connectivity index (χ3n) is 4.34. The van der Waals surface area contributed by atoms with Gasteiger partial charge in [0.25, 0.3) is 0 Å². The van der Waals surface area contributed by atoms with Crippen molar-refractivity contribution in [3.8, 4) is 0 Å². The van der Waals surface area contributed by atoms with E-state index >= 15 is 0 Å². The van der Waals surface area contributed by atoms with Crippen molar-refractivity contribution in [2.75, 3.05) is 13.1 Å². The maximum absolute atomic E-state index is 12.5. The number of rotatable bonds is 7. The highest BCUT2D eigenvalue weighted by Gasteiger charge is 2.27. The number of imidazole rings is 1. The maximum atomic E-state index is 12.5. The minimum atomic E-state index is -0.352. The molecule has 2 heterocycles. The molecule has 3 rings (SSSR count). The van der Waals surface area contributed by atoms with Gasteiger partial charge < -0.3 is 16.0 Å². The number of hydrogen-bond donors (Lipinski definition) is 4. The highest BCUT2D eigenvalue weighted by Crippen LogP contribution is 2.28. The van der Waals surface area contributed by atoms with E-state index in [1.807, 2.05) is 12.3 Å². The molecule has 0 bridgehead atoms. The van der Waals surface area contributed by atoms with E-state index in [-0.39, 0.29) is 18.0 Å². The molecule has 128 valence electrons. The summed E-state index contributed by atoms with van der Waals surface area (Å²) in [5, 5.41) is 6.37. The average molecular weight is 328 g/mol. The number of fused-ring (bicyclic) bond motifs is 1. The van der Waals surface area contributed by atoms with Gasteiger partial charge in [-0.2, -0.15) is 0 Å². The summed E-state index contributed by atoms with van der Waals surface area (Å²) >= 11 is 0. The molecule has 24 heavy (non-hydrogen) atoms. The van der Waals surface area contributed by atoms with Gasteiger partial charge in [0.2, 0.25) is 5.91 Å². The summed E-state index contributed by atoms with van der Waals surface area (Å²) < 4.78 is 0. The van der Waals surface area contributed by atoms with Gasteiger partial charge in [0.1, 0.15) is 0 Å². The Morgan fingerprint density at radius 1 is 1.50 bits per heavy atom. The first kappa shape index (κ1) is 16.6. The molecule has 1 aliphatic carbocycles. The van der Waals surface area contributed by atoms with Crippen molar-refractivity contribution < 1.29 is 4.79 Å². The number of aromatic nitrogens is 3. The van der Waals surface area contributed by atoms with Crippen LogP contribution in [0.3, 0.4) is 0 Å². The van der Waals surface area contributed by atoms with Crippen LogP contribution in [0.4, 0.5) is 0 Å². The van der Waals surface area contributed by atoms with Crippen LogP contribution in [0.2, 0.25) is 0 Å². The first-order valence-electron chi connectivity index (χ1n) is 8.43. The molecule has 2 aromatic heterocycles. The van der Waals surface area contributed by atoms with Crippen molar-refractivity contribution >= 4 is 5.91 Å². The molecule has 2 unspecified atom stereocenters. The summed E-state index contributed by atoms with van der Waals surface area (Å²) in [6.07, 6.45) is 8.86. The predicted octanol–water partition coefficient (Wildman–Crippen LogP) is 0.458. The lowest BCUT2D eigenvalue weighted by Gasteiger charge is -2.29. The minimum absolute atomic E-state index is 0.0434. The normalized spacial score (nSPS) is 18.0. The van der Waals surface area contributed by atoms with Crippen molar-refractivity contribution in [1.82, 2.24) is 25.6 Å². The number of nitrogens with one attached hydrogen (secondary N) is 3. The second-order valence-corrected chi connectivity index (χ2v) is 6.07. The van der Waals surface area contributed by atoms with Gasteiger partial charge in [0.15, 0.2) is 0 Å². The number of aromatic amines is 1. The Labute approximate surface area is 141 Å². The molecule has 0 aromatic carbocycles. The van der Waals surface area contributed by atoms with Crippen molar-refractivity contribution in [3.63, 3.8) is 0 Å². The van der Waals surface area contributed by atoms with Crippen LogP contribution in [0.1, 0.15) is 35.8 Å². The molecule has 0 aliphatic heterocycles. The molecule has 0 saturated carbocycles. The predicted molar refractivity (Wildman–Crippen MR) is 91.2 cm³/mol. The highest BCUT2D eigenvalue weighted by atomic mass is 16.2. The fourth-order valence-corrected chi connectivity index (χ4v) is 3.18. The van der Waals surface area contributed by atoms with Crippen LogP contribution in [0.25, 0.3) is 0 Å². The molecular formula is C17H24N6O. The Kier molecular flexibility index (Phi) is 5.55. The minimum Gasteiger partial charge on any atom is -0.353 e. The zero-order chi connectivity index (χ0) is 16.8. The summed E-state index contributed by atoms with van der Waals surface area (Å²) in [6, 6.07) is 3.83. The fourth-order valence-electron chi connectivity index (χ4n) is 3.18. The van der Waals surface area contributed by atoms with Crippen LogP contribution < -0.4 is 16.4 Å². The van der Waals surface area contributed by atoms with Crippen LogP contribution >= 0.6 is 0 Å². The van der Waals surface area contributed by atoms with Crippen LogP contribution in [-0.2, 0) is 17.6 Å². The molecule has 0 fully saturated rings. The number of nitrogens with two attached hydrogens (primary N) is 1. The largest absolute Gasteiger partial charge is 0.353 e. The van der Waals surface area contributed by atoms with Crippen molar-refractivity contribution in [2.45, 2.75) is 37.8 Å². The van der Waals surface area contributed by atoms with Crippen LogP contribution in [0, 0.1) is 0 Å². The maximum Gasteiger partial charge on any atom is 0.237 e. The van der Waals surface area contributed by atoms with E-state index in [0.717, 1.165) is 30.7 Å². The monoisotopic (exact) mass is 328 g/mol. The van der Waals surface area contributed by atoms with E-state index in [1.54, 1.807) is 12.5 Å². The number of carbonyl (C=O) groups is 1. The lowest BCUT2D eigenvalue weighted by atomic mass is 9.91. The number of H-pyrrole nitrogens is 1. The molecule has 1 aliphatic rings. The van der Waals surface area contributed by atoms with Gasteiger partial charge in [-0.15, -0.1) is 0 Å². The summed E-state index contributed by atoms with van der Waals surface area (Å²) in [4.78, 5) is 24.2. The summed E-state index contributed by atoms with van der Waals surface area (Å²) in [5.74, 6) is -0.0434. The van der Waals surface area contributed by atoms with Gasteiger partial charge in [-0.1, -0.05) is 6.07 Å². The Morgan fingerprint density at radius 2 is 2.42 bits per heavy atom. The second kappa shape index (κ2) is 8.03. The molecule has 1 amide bonds. The lowest BCUT2D eigenvalue weighted by Crippen LogP contribution is -2.48. The Bertz CT molecular complexity index is 657. The Hall–Kier alpha value is -2.25. The quantitative estimate of drug-likeness (QED) is 0.590. The number of nitrogens with zero attached hydrogens (tertiary/aromatic N) is 2. The lowest BCUT2D eigenvalue weighted by molar-refractivity contribution is -0.123. The Balaban J connectivity index is 1.75. The molecule has 0 saturated heterocycles. The average Bonchev–Trinajstić information content (AvgIpc) is 3.12. The van der Waals surface area contributed by atoms with E-state index in [2.05, 4.69) is 31.7 Å². The SMILES string of the molecule is NCCNC(=O)C(Cc1cnc[nH]1)NC1CCCc2cccnc21. The molecule has 2 atom stereocenters. The zero-order valence-corrected chi connectivity index (χ0v) is 13.7. The summed E-state index contributed by atoms with van der Waals surface area (Å²) in [6.45, 7) is 0.899. The van der Waals surface area contributed by atoms with Crippen molar-refractivity contribution in [1.29, 1.82) is 0 Å². The molecular weight excluding hydrogens is 304 g/mol. The number of pyridine rings is 1. The first-order valence-corrected chi connectivity index (χ1v) is 8.43. The third kappa shape index (κ3) is 3.98. The van der Waals surface area contributed by atoms with Crippen LogP contribution in [-0.4, -0.2) is 40.0 Å². The topological polar surface area (TPSA) is 109 Å². The summed E-state index contributed by atoms with van der Waals surface area (Å²) in [7, 11) is 0. The van der Waals surface area contributed by atoms with E-state index in [9.17, 15) is 4.79 Å². The van der Waals surface area contributed by atoms with E-state index in [0.29, 0.717) is 19.5 Å². The molecule has 0 radical (unpaired) electrons. The van der Waals surface area contributed by atoms with E-state index in [1.165, 1.54) is 5.56 Å². The summed E-state index contributed by atoms with van der Waals surface area (Å²) in [5.41, 5.74) is 8.75. The molecule has 7 nitrogen and oxygen atoms in total. The third-order valence-corrected chi connectivity index (χ3v) is 4.34. The fraction of sp³-hybridized carbons (Fsp3) is 0.471. The van der Waals surface area contributed by atoms with Gasteiger partial charge in [0.05, 0.1) is 24.1 Å². The highest BCUT2D eigenvalue weighted by molar-refractivity contribution is 5.82. The van der Waals surface area contributed by atoms with Gasteiger partial charge in [0, 0.05) is 37.6 Å². The van der Waals surface area contributed by atoms with Crippen LogP contribution in [0.5, 0.6) is 0 Å². The molecule has 5 N–H and O–H groups in total. The van der Waals surface area contributed by atoms with Gasteiger partial charge >= 0.3 is 0 Å². The molecule has 0 spiro atoms.